The van der Waals surface area contributed by atoms with Crippen molar-refractivity contribution < 1.29 is 9.47 Å². The molecule has 3 heteroatoms. The van der Waals surface area contributed by atoms with Gasteiger partial charge < -0.3 is 15.2 Å². The summed E-state index contributed by atoms with van der Waals surface area (Å²) in [4.78, 5) is 0. The predicted octanol–water partition coefficient (Wildman–Crippen LogP) is 2.39. The standard InChI is InChI=1S/C14H21NO2/c1-9-7-11(14(5-6-14)10(2)15)13(17-4)12(8-9)16-3/h7-8,10H,5-6,15H2,1-4H3. The molecule has 0 spiro atoms. The van der Waals surface area contributed by atoms with Crippen LogP contribution in [-0.4, -0.2) is 20.3 Å². The summed E-state index contributed by atoms with van der Waals surface area (Å²) in [5, 5.41) is 0. The van der Waals surface area contributed by atoms with Gasteiger partial charge in [0.05, 0.1) is 14.2 Å². The summed E-state index contributed by atoms with van der Waals surface area (Å²) >= 11 is 0. The maximum absolute atomic E-state index is 6.13. The molecule has 1 aliphatic rings. The van der Waals surface area contributed by atoms with E-state index >= 15 is 0 Å². The zero-order valence-electron chi connectivity index (χ0n) is 11.0. The lowest BCUT2D eigenvalue weighted by molar-refractivity contribution is 0.345. The van der Waals surface area contributed by atoms with Crippen molar-refractivity contribution in [3.8, 4) is 11.5 Å². The molecule has 0 bridgehead atoms. The number of methoxy groups -OCH3 is 2. The first-order valence-electron chi connectivity index (χ1n) is 6.04. The molecule has 1 aromatic carbocycles. The summed E-state index contributed by atoms with van der Waals surface area (Å²) in [5.41, 5.74) is 8.61. The fourth-order valence-electron chi connectivity index (χ4n) is 2.58. The van der Waals surface area contributed by atoms with Crippen LogP contribution < -0.4 is 15.2 Å². The minimum Gasteiger partial charge on any atom is -0.493 e. The Bertz CT molecular complexity index is 422. The van der Waals surface area contributed by atoms with Gasteiger partial charge in [-0.1, -0.05) is 6.07 Å². The highest BCUT2D eigenvalue weighted by Crippen LogP contribution is 2.55. The second kappa shape index (κ2) is 4.22. The van der Waals surface area contributed by atoms with Crippen molar-refractivity contribution in [3.05, 3.63) is 23.3 Å². The molecule has 0 radical (unpaired) electrons. The van der Waals surface area contributed by atoms with Crippen molar-refractivity contribution in [2.45, 2.75) is 38.1 Å². The average Bonchev–Trinajstić information content (AvgIpc) is 3.08. The monoisotopic (exact) mass is 235 g/mol. The van der Waals surface area contributed by atoms with Gasteiger partial charge in [-0.2, -0.15) is 0 Å². The largest absolute Gasteiger partial charge is 0.493 e. The van der Waals surface area contributed by atoms with Gasteiger partial charge in [-0.3, -0.25) is 0 Å². The van der Waals surface area contributed by atoms with Crippen LogP contribution in [-0.2, 0) is 5.41 Å². The van der Waals surface area contributed by atoms with Gasteiger partial charge in [0.25, 0.3) is 0 Å². The maximum atomic E-state index is 6.13. The van der Waals surface area contributed by atoms with Crippen molar-refractivity contribution in [1.82, 2.24) is 0 Å². The molecule has 2 N–H and O–H groups in total. The minimum absolute atomic E-state index is 0.0879. The highest BCUT2D eigenvalue weighted by atomic mass is 16.5. The lowest BCUT2D eigenvalue weighted by Crippen LogP contribution is -2.32. The molecule has 94 valence electrons. The number of benzene rings is 1. The van der Waals surface area contributed by atoms with Crippen molar-refractivity contribution in [2.75, 3.05) is 14.2 Å². The van der Waals surface area contributed by atoms with E-state index in [1.165, 1.54) is 11.1 Å². The highest BCUT2D eigenvalue weighted by molar-refractivity contribution is 5.55. The first-order valence-corrected chi connectivity index (χ1v) is 6.04. The molecule has 1 saturated carbocycles. The third-order valence-electron chi connectivity index (χ3n) is 3.82. The van der Waals surface area contributed by atoms with Gasteiger partial charge >= 0.3 is 0 Å². The summed E-state index contributed by atoms with van der Waals surface area (Å²) in [6, 6.07) is 4.32. The van der Waals surface area contributed by atoms with Crippen LogP contribution in [0.15, 0.2) is 12.1 Å². The van der Waals surface area contributed by atoms with Gasteiger partial charge in [0.15, 0.2) is 11.5 Å². The second-order valence-electron chi connectivity index (χ2n) is 4.99. The average molecular weight is 235 g/mol. The normalized spacial score (nSPS) is 18.6. The van der Waals surface area contributed by atoms with E-state index in [1.54, 1.807) is 14.2 Å². The van der Waals surface area contributed by atoms with Gasteiger partial charge in [-0.15, -0.1) is 0 Å². The molecular formula is C14H21NO2. The van der Waals surface area contributed by atoms with Gasteiger partial charge in [-0.25, -0.2) is 0 Å². The number of aryl methyl sites for hydroxylation is 1. The van der Waals surface area contributed by atoms with Crippen LogP contribution >= 0.6 is 0 Å². The Kier molecular flexibility index (Phi) is 3.04. The van der Waals surface area contributed by atoms with Crippen molar-refractivity contribution in [3.63, 3.8) is 0 Å². The zero-order chi connectivity index (χ0) is 12.6. The van der Waals surface area contributed by atoms with Crippen LogP contribution in [0.25, 0.3) is 0 Å². The smallest absolute Gasteiger partial charge is 0.164 e. The van der Waals surface area contributed by atoms with Gasteiger partial charge in [0, 0.05) is 17.0 Å². The molecule has 0 aromatic heterocycles. The lowest BCUT2D eigenvalue weighted by Gasteiger charge is -2.24. The number of hydrogen-bond acceptors (Lipinski definition) is 3. The Hall–Kier alpha value is -1.22. The van der Waals surface area contributed by atoms with Gasteiger partial charge in [-0.05, 0) is 38.3 Å². The molecule has 1 unspecified atom stereocenters. The number of nitrogens with two attached hydrogens (primary N) is 1. The summed E-state index contributed by atoms with van der Waals surface area (Å²) in [6.07, 6.45) is 2.27. The van der Waals surface area contributed by atoms with Gasteiger partial charge in [0.1, 0.15) is 0 Å². The van der Waals surface area contributed by atoms with Crippen molar-refractivity contribution in [2.24, 2.45) is 5.73 Å². The molecule has 0 aliphatic heterocycles. The van der Waals surface area contributed by atoms with Crippen LogP contribution in [0.4, 0.5) is 0 Å². The van der Waals surface area contributed by atoms with E-state index in [1.807, 2.05) is 6.07 Å². The lowest BCUT2D eigenvalue weighted by atomic mass is 9.87. The van der Waals surface area contributed by atoms with Crippen LogP contribution in [0.1, 0.15) is 30.9 Å². The highest BCUT2D eigenvalue weighted by Gasteiger charge is 2.49. The molecule has 0 heterocycles. The fourth-order valence-corrected chi connectivity index (χ4v) is 2.58. The third kappa shape index (κ3) is 1.89. The summed E-state index contributed by atoms with van der Waals surface area (Å²) in [7, 11) is 3.36. The van der Waals surface area contributed by atoms with E-state index in [9.17, 15) is 0 Å². The SMILES string of the molecule is COc1cc(C)cc(C2(C(C)N)CC2)c1OC. The number of ether oxygens (including phenoxy) is 2. The van der Waals surface area contributed by atoms with Crippen molar-refractivity contribution in [1.29, 1.82) is 0 Å². The quantitative estimate of drug-likeness (QED) is 0.871. The summed E-state index contributed by atoms with van der Waals surface area (Å²) in [5.74, 6) is 1.64. The Morgan fingerprint density at radius 1 is 1.24 bits per heavy atom. The molecule has 3 nitrogen and oxygen atoms in total. The zero-order valence-corrected chi connectivity index (χ0v) is 11.0. The van der Waals surface area contributed by atoms with E-state index in [0.717, 1.165) is 24.3 Å². The van der Waals surface area contributed by atoms with E-state index in [-0.39, 0.29) is 11.5 Å². The minimum atomic E-state index is 0.0879. The Balaban J connectivity index is 2.56. The molecule has 0 saturated heterocycles. The first kappa shape index (κ1) is 12.2. The third-order valence-corrected chi connectivity index (χ3v) is 3.82. The number of hydrogen-bond donors (Lipinski definition) is 1. The van der Waals surface area contributed by atoms with E-state index in [4.69, 9.17) is 15.2 Å². The molecule has 1 atom stereocenters. The van der Waals surface area contributed by atoms with Crippen LogP contribution in [0, 0.1) is 6.92 Å². The molecule has 2 rings (SSSR count). The van der Waals surface area contributed by atoms with E-state index in [0.29, 0.717) is 0 Å². The Morgan fingerprint density at radius 2 is 1.88 bits per heavy atom. The molecular weight excluding hydrogens is 214 g/mol. The van der Waals surface area contributed by atoms with Crippen LogP contribution in [0.5, 0.6) is 11.5 Å². The van der Waals surface area contributed by atoms with Crippen LogP contribution in [0.3, 0.4) is 0 Å². The fraction of sp³-hybridized carbons (Fsp3) is 0.571. The first-order chi connectivity index (χ1) is 8.05. The summed E-state index contributed by atoms with van der Waals surface area (Å²) in [6.45, 7) is 4.14. The Labute approximate surface area is 103 Å². The molecule has 17 heavy (non-hydrogen) atoms. The number of rotatable bonds is 4. The summed E-state index contributed by atoms with van der Waals surface area (Å²) < 4.78 is 10.9. The second-order valence-corrected chi connectivity index (χ2v) is 4.99. The van der Waals surface area contributed by atoms with E-state index < -0.39 is 0 Å². The Morgan fingerprint density at radius 3 is 2.29 bits per heavy atom. The van der Waals surface area contributed by atoms with Crippen molar-refractivity contribution >= 4 is 0 Å². The molecule has 0 amide bonds. The molecule has 1 aromatic rings. The maximum Gasteiger partial charge on any atom is 0.164 e. The molecule has 1 fully saturated rings. The predicted molar refractivity (Wildman–Crippen MR) is 68.8 cm³/mol. The van der Waals surface area contributed by atoms with E-state index in [2.05, 4.69) is 19.9 Å². The molecule has 1 aliphatic carbocycles. The van der Waals surface area contributed by atoms with Gasteiger partial charge in [0.2, 0.25) is 0 Å². The topological polar surface area (TPSA) is 44.5 Å². The van der Waals surface area contributed by atoms with Crippen LogP contribution in [0.2, 0.25) is 0 Å².